The average Bonchev–Trinajstić information content (AvgIpc) is 2.54. The Morgan fingerprint density at radius 2 is 1.38 bits per heavy atom. The highest BCUT2D eigenvalue weighted by atomic mass is 14.7. The van der Waals surface area contributed by atoms with Crippen LogP contribution in [0.5, 0.6) is 0 Å². The molecule has 0 N–H and O–H groups in total. The van der Waals surface area contributed by atoms with Crippen molar-refractivity contribution in [3.05, 3.63) is 78.4 Å². The number of rotatable bonds is 1. The quantitative estimate of drug-likeness (QED) is 0.453. The van der Waals surface area contributed by atoms with Crippen LogP contribution in [0.3, 0.4) is 0 Å². The highest BCUT2D eigenvalue weighted by molar-refractivity contribution is 5.98. The number of benzene rings is 3. The van der Waals surface area contributed by atoms with E-state index in [0.29, 0.717) is 0 Å². The molecule has 0 unspecified atom stereocenters. The number of para-hydroxylation sites is 1. The first-order valence-corrected chi connectivity index (χ1v) is 7.17. The Kier molecular flexibility index (Phi) is 2.71. The molecule has 0 bridgehead atoms. The van der Waals surface area contributed by atoms with Gasteiger partial charge in [-0.25, -0.2) is 4.98 Å². The van der Waals surface area contributed by atoms with Crippen LogP contribution < -0.4 is 0 Å². The van der Waals surface area contributed by atoms with Gasteiger partial charge in [0.25, 0.3) is 0 Å². The smallest absolute Gasteiger partial charge is 0.0718 e. The van der Waals surface area contributed by atoms with E-state index >= 15 is 0 Å². The third kappa shape index (κ3) is 1.98. The second kappa shape index (κ2) is 4.71. The standard InChI is InChI=1S/C20H15N/c1-14-10-11-15-6-2-4-8-17(15)20(14)19-13-12-16-7-3-5-9-18(16)21-19/h2-13H,1H3. The number of nitrogens with zero attached hydrogens (tertiary/aromatic N) is 1. The molecule has 1 nitrogen and oxygen atoms in total. The number of pyridine rings is 1. The van der Waals surface area contributed by atoms with Gasteiger partial charge in [-0.15, -0.1) is 0 Å². The zero-order valence-corrected chi connectivity index (χ0v) is 11.9. The summed E-state index contributed by atoms with van der Waals surface area (Å²) in [5.41, 5.74) is 4.58. The van der Waals surface area contributed by atoms with E-state index in [1.165, 1.54) is 27.3 Å². The average molecular weight is 269 g/mol. The van der Waals surface area contributed by atoms with Gasteiger partial charge in [0.1, 0.15) is 0 Å². The molecule has 0 aliphatic carbocycles. The van der Waals surface area contributed by atoms with Crippen molar-refractivity contribution in [3.8, 4) is 11.3 Å². The normalized spacial score (nSPS) is 11.1. The maximum absolute atomic E-state index is 4.86. The molecule has 0 amide bonds. The van der Waals surface area contributed by atoms with Crippen molar-refractivity contribution in [2.45, 2.75) is 6.92 Å². The SMILES string of the molecule is Cc1ccc2ccccc2c1-c1ccc2ccccc2n1. The van der Waals surface area contributed by atoms with Crippen LogP contribution in [0.2, 0.25) is 0 Å². The van der Waals surface area contributed by atoms with Crippen molar-refractivity contribution in [3.63, 3.8) is 0 Å². The van der Waals surface area contributed by atoms with Crippen LogP contribution in [-0.2, 0) is 0 Å². The van der Waals surface area contributed by atoms with Crippen LogP contribution in [-0.4, -0.2) is 4.98 Å². The van der Waals surface area contributed by atoms with Crippen LogP contribution in [0.4, 0.5) is 0 Å². The van der Waals surface area contributed by atoms with E-state index in [1.807, 2.05) is 12.1 Å². The highest BCUT2D eigenvalue weighted by Crippen LogP contribution is 2.31. The van der Waals surface area contributed by atoms with Gasteiger partial charge in [-0.2, -0.15) is 0 Å². The van der Waals surface area contributed by atoms with E-state index in [1.54, 1.807) is 0 Å². The number of hydrogen-bond acceptors (Lipinski definition) is 1. The molecule has 1 aromatic heterocycles. The van der Waals surface area contributed by atoms with E-state index < -0.39 is 0 Å². The lowest BCUT2D eigenvalue weighted by molar-refractivity contribution is 1.38. The van der Waals surface area contributed by atoms with Gasteiger partial charge >= 0.3 is 0 Å². The summed E-state index contributed by atoms with van der Waals surface area (Å²) in [4.78, 5) is 4.86. The van der Waals surface area contributed by atoms with Crippen molar-refractivity contribution < 1.29 is 0 Å². The third-order valence-corrected chi connectivity index (χ3v) is 3.99. The van der Waals surface area contributed by atoms with E-state index in [2.05, 4.69) is 67.6 Å². The number of aryl methyl sites for hydroxylation is 1. The van der Waals surface area contributed by atoms with Crippen molar-refractivity contribution in [1.29, 1.82) is 0 Å². The van der Waals surface area contributed by atoms with Gasteiger partial charge < -0.3 is 0 Å². The fourth-order valence-electron chi connectivity index (χ4n) is 2.93. The molecule has 100 valence electrons. The minimum atomic E-state index is 1.04. The summed E-state index contributed by atoms with van der Waals surface area (Å²) in [5, 5.41) is 3.70. The van der Waals surface area contributed by atoms with Gasteiger partial charge in [-0.1, -0.05) is 60.7 Å². The van der Waals surface area contributed by atoms with Gasteiger partial charge in [-0.05, 0) is 35.4 Å². The van der Waals surface area contributed by atoms with Gasteiger partial charge in [0.2, 0.25) is 0 Å². The molecular weight excluding hydrogens is 254 g/mol. The lowest BCUT2D eigenvalue weighted by Crippen LogP contribution is -1.90. The Morgan fingerprint density at radius 1 is 0.667 bits per heavy atom. The topological polar surface area (TPSA) is 12.9 Å². The first-order chi connectivity index (χ1) is 10.3. The summed E-state index contributed by atoms with van der Waals surface area (Å²) in [6.07, 6.45) is 0. The summed E-state index contributed by atoms with van der Waals surface area (Å²) in [5.74, 6) is 0. The van der Waals surface area contributed by atoms with Crippen molar-refractivity contribution in [2.75, 3.05) is 0 Å². The fraction of sp³-hybridized carbons (Fsp3) is 0.0500. The second-order valence-electron chi connectivity index (χ2n) is 5.37. The maximum Gasteiger partial charge on any atom is 0.0718 e. The van der Waals surface area contributed by atoms with Crippen molar-refractivity contribution in [1.82, 2.24) is 4.98 Å². The molecule has 0 aliphatic heterocycles. The van der Waals surface area contributed by atoms with E-state index in [4.69, 9.17) is 4.98 Å². The van der Waals surface area contributed by atoms with Crippen LogP contribution in [0.1, 0.15) is 5.56 Å². The van der Waals surface area contributed by atoms with E-state index in [0.717, 1.165) is 11.2 Å². The third-order valence-electron chi connectivity index (χ3n) is 3.99. The molecule has 0 atom stereocenters. The lowest BCUT2D eigenvalue weighted by atomic mass is 9.96. The Bertz CT molecular complexity index is 954. The highest BCUT2D eigenvalue weighted by Gasteiger charge is 2.09. The zero-order valence-electron chi connectivity index (χ0n) is 11.9. The van der Waals surface area contributed by atoms with Crippen LogP contribution in [0.15, 0.2) is 72.8 Å². The number of hydrogen-bond donors (Lipinski definition) is 0. The Labute approximate surface area is 123 Å². The van der Waals surface area contributed by atoms with Crippen LogP contribution >= 0.6 is 0 Å². The minimum Gasteiger partial charge on any atom is -0.248 e. The molecule has 1 heteroatoms. The molecule has 3 aromatic carbocycles. The molecule has 4 rings (SSSR count). The molecule has 0 fully saturated rings. The van der Waals surface area contributed by atoms with Crippen molar-refractivity contribution in [2.24, 2.45) is 0 Å². The summed E-state index contributed by atoms with van der Waals surface area (Å²) in [7, 11) is 0. The molecular formula is C20H15N. The van der Waals surface area contributed by atoms with Crippen molar-refractivity contribution >= 4 is 21.7 Å². The minimum absolute atomic E-state index is 1.04. The van der Waals surface area contributed by atoms with Crippen LogP contribution in [0.25, 0.3) is 32.9 Å². The maximum atomic E-state index is 4.86. The predicted octanol–water partition coefficient (Wildman–Crippen LogP) is 5.36. The fourth-order valence-corrected chi connectivity index (χ4v) is 2.93. The molecule has 0 spiro atoms. The molecule has 0 saturated heterocycles. The van der Waals surface area contributed by atoms with E-state index in [9.17, 15) is 0 Å². The molecule has 4 aromatic rings. The number of fused-ring (bicyclic) bond motifs is 2. The molecule has 21 heavy (non-hydrogen) atoms. The summed E-state index contributed by atoms with van der Waals surface area (Å²) >= 11 is 0. The summed E-state index contributed by atoms with van der Waals surface area (Å²) < 4.78 is 0. The summed E-state index contributed by atoms with van der Waals surface area (Å²) in [6.45, 7) is 2.15. The first kappa shape index (κ1) is 12.1. The van der Waals surface area contributed by atoms with Gasteiger partial charge in [0.15, 0.2) is 0 Å². The lowest BCUT2D eigenvalue weighted by Gasteiger charge is -2.10. The molecule has 1 heterocycles. The first-order valence-electron chi connectivity index (χ1n) is 7.17. The molecule has 0 saturated carbocycles. The van der Waals surface area contributed by atoms with Gasteiger partial charge in [0, 0.05) is 10.9 Å². The van der Waals surface area contributed by atoms with Gasteiger partial charge in [0.05, 0.1) is 11.2 Å². The van der Waals surface area contributed by atoms with Gasteiger partial charge in [-0.3, -0.25) is 0 Å². The largest absolute Gasteiger partial charge is 0.248 e. The Balaban J connectivity index is 2.05. The monoisotopic (exact) mass is 269 g/mol. The number of aromatic nitrogens is 1. The second-order valence-corrected chi connectivity index (χ2v) is 5.37. The van der Waals surface area contributed by atoms with Crippen LogP contribution in [0, 0.1) is 6.92 Å². The summed E-state index contributed by atoms with van der Waals surface area (Å²) in [6, 6.07) is 25.4. The molecule has 0 aliphatic rings. The predicted molar refractivity (Wildman–Crippen MR) is 89.4 cm³/mol. The Hall–Kier alpha value is -2.67. The Morgan fingerprint density at radius 3 is 2.29 bits per heavy atom. The molecule has 0 radical (unpaired) electrons. The zero-order chi connectivity index (χ0) is 14.2. The van der Waals surface area contributed by atoms with E-state index in [-0.39, 0.29) is 0 Å².